The van der Waals surface area contributed by atoms with Crippen molar-refractivity contribution in [1.82, 2.24) is 4.90 Å². The van der Waals surface area contributed by atoms with Gasteiger partial charge in [-0.2, -0.15) is 0 Å². The Morgan fingerprint density at radius 2 is 2.06 bits per heavy atom. The first-order valence-corrected chi connectivity index (χ1v) is 7.48. The third-order valence-electron chi connectivity index (χ3n) is 2.80. The summed E-state index contributed by atoms with van der Waals surface area (Å²) >= 11 is 5.26. The Bertz CT molecular complexity index is 297. The predicted octanol–water partition coefficient (Wildman–Crippen LogP) is 3.11. The Kier molecular flexibility index (Phi) is 6.58. The fourth-order valence-electron chi connectivity index (χ4n) is 1.71. The lowest BCUT2D eigenvalue weighted by Crippen LogP contribution is -2.31. The largest absolute Gasteiger partial charge is 0.327 e. The van der Waals surface area contributed by atoms with Crippen LogP contribution in [-0.4, -0.2) is 30.6 Å². The lowest BCUT2D eigenvalue weighted by Gasteiger charge is -2.20. The molecule has 1 heterocycles. The van der Waals surface area contributed by atoms with Gasteiger partial charge in [0.05, 0.1) is 3.79 Å². The van der Waals surface area contributed by atoms with Gasteiger partial charge in [0.25, 0.3) is 0 Å². The minimum Gasteiger partial charge on any atom is -0.327 e. The van der Waals surface area contributed by atoms with Crippen LogP contribution in [0.2, 0.25) is 0 Å². The highest BCUT2D eigenvalue weighted by molar-refractivity contribution is 9.11. The lowest BCUT2D eigenvalue weighted by atomic mass is 10.1. The van der Waals surface area contributed by atoms with Crippen LogP contribution in [0.3, 0.4) is 0 Å². The van der Waals surface area contributed by atoms with E-state index in [0.717, 1.165) is 32.5 Å². The van der Waals surface area contributed by atoms with E-state index in [4.69, 9.17) is 5.73 Å². The molecule has 1 atom stereocenters. The standard InChI is InChI=1S/C12H21BrN2S/c1-3-15(4-2)8-7-10(14)9-11-5-6-12(13)16-11/h5-6,10H,3-4,7-9,14H2,1-2H3. The van der Waals surface area contributed by atoms with Crippen LogP contribution in [0.25, 0.3) is 0 Å². The van der Waals surface area contributed by atoms with Crippen molar-refractivity contribution >= 4 is 27.3 Å². The number of thiophene rings is 1. The van der Waals surface area contributed by atoms with E-state index in [1.165, 1.54) is 8.66 Å². The minimum absolute atomic E-state index is 0.283. The zero-order valence-electron chi connectivity index (χ0n) is 10.1. The summed E-state index contributed by atoms with van der Waals surface area (Å²) in [5.74, 6) is 0. The van der Waals surface area contributed by atoms with E-state index in [-0.39, 0.29) is 6.04 Å². The van der Waals surface area contributed by atoms with Crippen molar-refractivity contribution < 1.29 is 0 Å². The molecular weight excluding hydrogens is 284 g/mol. The predicted molar refractivity (Wildman–Crippen MR) is 76.1 cm³/mol. The summed E-state index contributed by atoms with van der Waals surface area (Å²) in [7, 11) is 0. The van der Waals surface area contributed by atoms with Gasteiger partial charge < -0.3 is 10.6 Å². The smallest absolute Gasteiger partial charge is 0.0701 e. The fraction of sp³-hybridized carbons (Fsp3) is 0.667. The summed E-state index contributed by atoms with van der Waals surface area (Å²) in [6.45, 7) is 7.75. The van der Waals surface area contributed by atoms with Crippen molar-refractivity contribution in [3.8, 4) is 0 Å². The molecule has 0 saturated carbocycles. The van der Waals surface area contributed by atoms with Gasteiger partial charge in [-0.3, -0.25) is 0 Å². The van der Waals surface area contributed by atoms with Gasteiger partial charge in [-0.05, 0) is 60.5 Å². The molecule has 0 aliphatic heterocycles. The first-order chi connectivity index (χ1) is 7.65. The van der Waals surface area contributed by atoms with E-state index in [1.54, 1.807) is 11.3 Å². The van der Waals surface area contributed by atoms with Gasteiger partial charge in [0.1, 0.15) is 0 Å². The van der Waals surface area contributed by atoms with E-state index in [1.807, 2.05) is 0 Å². The molecule has 1 rings (SSSR count). The molecule has 0 spiro atoms. The molecular formula is C12H21BrN2S. The zero-order chi connectivity index (χ0) is 12.0. The molecule has 92 valence electrons. The van der Waals surface area contributed by atoms with Crippen LogP contribution in [0.4, 0.5) is 0 Å². The molecule has 0 bridgehead atoms. The summed E-state index contributed by atoms with van der Waals surface area (Å²) < 4.78 is 1.19. The average Bonchev–Trinajstić information content (AvgIpc) is 2.65. The van der Waals surface area contributed by atoms with Crippen molar-refractivity contribution in [2.45, 2.75) is 32.7 Å². The SMILES string of the molecule is CCN(CC)CCC(N)Cc1ccc(Br)s1. The quantitative estimate of drug-likeness (QED) is 0.838. The van der Waals surface area contributed by atoms with Crippen LogP contribution in [0, 0.1) is 0 Å². The maximum absolute atomic E-state index is 6.14. The van der Waals surface area contributed by atoms with E-state index in [9.17, 15) is 0 Å². The van der Waals surface area contributed by atoms with Gasteiger partial charge in [-0.15, -0.1) is 11.3 Å². The molecule has 1 aromatic rings. The van der Waals surface area contributed by atoms with Crippen LogP contribution in [0.1, 0.15) is 25.1 Å². The first kappa shape index (κ1) is 14.2. The van der Waals surface area contributed by atoms with Gasteiger partial charge in [0, 0.05) is 10.9 Å². The number of nitrogens with two attached hydrogens (primary N) is 1. The van der Waals surface area contributed by atoms with Crippen molar-refractivity contribution in [3.63, 3.8) is 0 Å². The molecule has 2 nitrogen and oxygen atoms in total. The summed E-state index contributed by atoms with van der Waals surface area (Å²) in [6, 6.07) is 4.54. The van der Waals surface area contributed by atoms with Crippen LogP contribution >= 0.6 is 27.3 Å². The Labute approximate surface area is 111 Å². The van der Waals surface area contributed by atoms with E-state index in [0.29, 0.717) is 0 Å². The molecule has 1 unspecified atom stereocenters. The summed E-state index contributed by atoms with van der Waals surface area (Å²) in [5.41, 5.74) is 6.14. The van der Waals surface area contributed by atoms with Crippen LogP contribution in [0.15, 0.2) is 15.9 Å². The topological polar surface area (TPSA) is 29.3 Å². The van der Waals surface area contributed by atoms with Crippen LogP contribution in [0.5, 0.6) is 0 Å². The van der Waals surface area contributed by atoms with E-state index in [2.05, 4.69) is 46.8 Å². The Balaban J connectivity index is 2.27. The summed E-state index contributed by atoms with van der Waals surface area (Å²) in [5, 5.41) is 0. The fourth-order valence-corrected chi connectivity index (χ4v) is 3.29. The number of rotatable bonds is 7. The highest BCUT2D eigenvalue weighted by Crippen LogP contribution is 2.23. The molecule has 0 saturated heterocycles. The highest BCUT2D eigenvalue weighted by atomic mass is 79.9. The van der Waals surface area contributed by atoms with E-state index >= 15 is 0 Å². The van der Waals surface area contributed by atoms with Crippen molar-refractivity contribution in [2.75, 3.05) is 19.6 Å². The van der Waals surface area contributed by atoms with Gasteiger partial charge in [0.2, 0.25) is 0 Å². The first-order valence-electron chi connectivity index (χ1n) is 5.87. The molecule has 0 radical (unpaired) electrons. The van der Waals surface area contributed by atoms with Gasteiger partial charge in [-0.25, -0.2) is 0 Å². The number of halogens is 1. The zero-order valence-corrected chi connectivity index (χ0v) is 12.5. The third kappa shape index (κ3) is 4.95. The second-order valence-corrected chi connectivity index (χ2v) is 6.53. The molecule has 0 aromatic carbocycles. The molecule has 0 aliphatic rings. The minimum atomic E-state index is 0.283. The van der Waals surface area contributed by atoms with Crippen LogP contribution < -0.4 is 5.73 Å². The maximum Gasteiger partial charge on any atom is 0.0701 e. The van der Waals surface area contributed by atoms with Gasteiger partial charge >= 0.3 is 0 Å². The monoisotopic (exact) mass is 304 g/mol. The van der Waals surface area contributed by atoms with Gasteiger partial charge in [0.15, 0.2) is 0 Å². The second-order valence-electron chi connectivity index (χ2n) is 3.99. The van der Waals surface area contributed by atoms with Crippen molar-refractivity contribution in [1.29, 1.82) is 0 Å². The lowest BCUT2D eigenvalue weighted by molar-refractivity contribution is 0.290. The average molecular weight is 305 g/mol. The van der Waals surface area contributed by atoms with Crippen molar-refractivity contribution in [2.24, 2.45) is 5.73 Å². The molecule has 0 amide bonds. The molecule has 1 aromatic heterocycles. The van der Waals surface area contributed by atoms with Gasteiger partial charge in [-0.1, -0.05) is 13.8 Å². The van der Waals surface area contributed by atoms with Crippen molar-refractivity contribution in [3.05, 3.63) is 20.8 Å². The van der Waals surface area contributed by atoms with Crippen LogP contribution in [-0.2, 0) is 6.42 Å². The second kappa shape index (κ2) is 7.43. The number of hydrogen-bond donors (Lipinski definition) is 1. The Morgan fingerprint density at radius 1 is 1.38 bits per heavy atom. The highest BCUT2D eigenvalue weighted by Gasteiger charge is 2.08. The Hall–Kier alpha value is 0.1000. The normalized spacial score (nSPS) is 13.3. The molecule has 4 heteroatoms. The molecule has 16 heavy (non-hydrogen) atoms. The summed E-state index contributed by atoms with van der Waals surface area (Å²) in [4.78, 5) is 3.79. The molecule has 2 N–H and O–H groups in total. The number of hydrogen-bond acceptors (Lipinski definition) is 3. The molecule has 0 aliphatic carbocycles. The summed E-state index contributed by atoms with van der Waals surface area (Å²) in [6.07, 6.45) is 2.08. The third-order valence-corrected chi connectivity index (χ3v) is 4.45. The van der Waals surface area contributed by atoms with E-state index < -0.39 is 0 Å². The Morgan fingerprint density at radius 3 is 2.56 bits per heavy atom. The number of nitrogens with zero attached hydrogens (tertiary/aromatic N) is 1. The maximum atomic E-state index is 6.14. The molecule has 0 fully saturated rings.